The Labute approximate surface area is 133 Å². The highest BCUT2D eigenvalue weighted by atomic mass is 16.5. The average Bonchev–Trinajstić information content (AvgIpc) is 2.50. The van der Waals surface area contributed by atoms with Crippen molar-refractivity contribution in [2.24, 2.45) is 0 Å². The maximum atomic E-state index is 9.38. The van der Waals surface area contributed by atoms with Crippen molar-refractivity contribution in [3.63, 3.8) is 0 Å². The molecule has 0 aliphatic rings. The number of ether oxygens (including phenoxy) is 1. The van der Waals surface area contributed by atoms with E-state index in [-0.39, 0.29) is 5.92 Å². The number of nitriles is 1. The summed E-state index contributed by atoms with van der Waals surface area (Å²) in [6.07, 6.45) is 0.700. The van der Waals surface area contributed by atoms with Crippen molar-refractivity contribution in [1.82, 2.24) is 0 Å². The molecular weight excluding hydrogens is 270 g/mol. The summed E-state index contributed by atoms with van der Waals surface area (Å²) in [5.41, 5.74) is 5.93. The first-order valence-corrected chi connectivity index (χ1v) is 7.68. The standard InChI is InChI=1S/C20H23NO/c1-14-5-7-18(8-6-14)19(13-21)9-10-22-20-12-16(3)15(2)11-17(20)4/h5-8,11-12,19H,9-10H2,1-4H3. The van der Waals surface area contributed by atoms with E-state index in [1.165, 1.54) is 16.7 Å². The fourth-order valence-corrected chi connectivity index (χ4v) is 2.48. The Morgan fingerprint density at radius 1 is 0.955 bits per heavy atom. The lowest BCUT2D eigenvalue weighted by atomic mass is 9.97. The van der Waals surface area contributed by atoms with Crippen LogP contribution in [0, 0.1) is 39.0 Å². The van der Waals surface area contributed by atoms with Gasteiger partial charge in [-0.25, -0.2) is 0 Å². The molecule has 1 atom stereocenters. The molecule has 2 aromatic rings. The van der Waals surface area contributed by atoms with E-state index in [0.29, 0.717) is 13.0 Å². The molecule has 0 saturated heterocycles. The first-order valence-electron chi connectivity index (χ1n) is 7.68. The van der Waals surface area contributed by atoms with Gasteiger partial charge < -0.3 is 4.74 Å². The van der Waals surface area contributed by atoms with Gasteiger partial charge in [0.1, 0.15) is 5.75 Å². The maximum Gasteiger partial charge on any atom is 0.122 e. The molecule has 0 aliphatic carbocycles. The second-order valence-electron chi connectivity index (χ2n) is 5.93. The van der Waals surface area contributed by atoms with Crippen LogP contribution in [0.1, 0.15) is 40.2 Å². The lowest BCUT2D eigenvalue weighted by Gasteiger charge is -2.14. The van der Waals surface area contributed by atoms with Crippen molar-refractivity contribution in [2.45, 2.75) is 40.0 Å². The molecular formula is C20H23NO. The minimum absolute atomic E-state index is 0.118. The molecule has 0 fully saturated rings. The van der Waals surface area contributed by atoms with Gasteiger partial charge in [-0.05, 0) is 56.0 Å². The summed E-state index contributed by atoms with van der Waals surface area (Å²) in [4.78, 5) is 0. The smallest absolute Gasteiger partial charge is 0.122 e. The summed E-state index contributed by atoms with van der Waals surface area (Å²) >= 11 is 0. The molecule has 0 aliphatic heterocycles. The van der Waals surface area contributed by atoms with E-state index in [9.17, 15) is 5.26 Å². The molecule has 1 unspecified atom stereocenters. The second-order valence-corrected chi connectivity index (χ2v) is 5.93. The van der Waals surface area contributed by atoms with Gasteiger partial charge in [0.15, 0.2) is 0 Å². The van der Waals surface area contributed by atoms with E-state index in [4.69, 9.17) is 4.74 Å². The van der Waals surface area contributed by atoms with Crippen molar-refractivity contribution in [3.8, 4) is 11.8 Å². The van der Waals surface area contributed by atoms with Crippen LogP contribution >= 0.6 is 0 Å². The molecule has 2 nitrogen and oxygen atoms in total. The summed E-state index contributed by atoms with van der Waals surface area (Å²) < 4.78 is 5.90. The zero-order valence-corrected chi connectivity index (χ0v) is 13.8. The minimum Gasteiger partial charge on any atom is -0.493 e. The third-order valence-corrected chi connectivity index (χ3v) is 4.09. The molecule has 0 amide bonds. The maximum absolute atomic E-state index is 9.38. The van der Waals surface area contributed by atoms with E-state index in [0.717, 1.165) is 16.9 Å². The largest absolute Gasteiger partial charge is 0.493 e. The fourth-order valence-electron chi connectivity index (χ4n) is 2.48. The molecule has 114 valence electrons. The molecule has 2 rings (SSSR count). The highest BCUT2D eigenvalue weighted by molar-refractivity contribution is 5.40. The molecule has 0 bridgehead atoms. The number of hydrogen-bond donors (Lipinski definition) is 0. The van der Waals surface area contributed by atoms with Crippen molar-refractivity contribution >= 4 is 0 Å². The molecule has 0 N–H and O–H groups in total. The Morgan fingerprint density at radius 3 is 2.23 bits per heavy atom. The Balaban J connectivity index is 1.99. The van der Waals surface area contributed by atoms with E-state index in [1.54, 1.807) is 0 Å². The van der Waals surface area contributed by atoms with Gasteiger partial charge in [0, 0.05) is 6.42 Å². The highest BCUT2D eigenvalue weighted by Gasteiger charge is 2.11. The quantitative estimate of drug-likeness (QED) is 0.777. The molecule has 22 heavy (non-hydrogen) atoms. The third kappa shape index (κ3) is 3.89. The minimum atomic E-state index is -0.118. The van der Waals surface area contributed by atoms with Crippen LogP contribution in [0.5, 0.6) is 5.75 Å². The second kappa shape index (κ2) is 7.13. The Kier molecular flexibility index (Phi) is 5.22. The highest BCUT2D eigenvalue weighted by Crippen LogP contribution is 2.24. The van der Waals surface area contributed by atoms with Crippen LogP contribution in [0.25, 0.3) is 0 Å². The van der Waals surface area contributed by atoms with Gasteiger partial charge >= 0.3 is 0 Å². The fraction of sp³-hybridized carbons (Fsp3) is 0.350. The van der Waals surface area contributed by atoms with E-state index in [2.05, 4.69) is 45.9 Å². The van der Waals surface area contributed by atoms with Crippen LogP contribution in [0.4, 0.5) is 0 Å². The van der Waals surface area contributed by atoms with Gasteiger partial charge in [0.05, 0.1) is 18.6 Å². The molecule has 2 heteroatoms. The van der Waals surface area contributed by atoms with Crippen molar-refractivity contribution < 1.29 is 4.74 Å². The predicted octanol–water partition coefficient (Wildman–Crippen LogP) is 5.00. The third-order valence-electron chi connectivity index (χ3n) is 4.09. The zero-order valence-electron chi connectivity index (χ0n) is 13.8. The zero-order chi connectivity index (χ0) is 16.1. The lowest BCUT2D eigenvalue weighted by molar-refractivity contribution is 0.303. The summed E-state index contributed by atoms with van der Waals surface area (Å²) in [7, 11) is 0. The van der Waals surface area contributed by atoms with Gasteiger partial charge in [-0.3, -0.25) is 0 Å². The molecule has 0 radical (unpaired) electrons. The molecule has 0 aromatic heterocycles. The van der Waals surface area contributed by atoms with Crippen molar-refractivity contribution in [3.05, 3.63) is 64.2 Å². The summed E-state index contributed by atoms with van der Waals surface area (Å²) in [6, 6.07) is 14.8. The van der Waals surface area contributed by atoms with Crippen LogP contribution in [0.2, 0.25) is 0 Å². The van der Waals surface area contributed by atoms with Crippen LogP contribution in [-0.4, -0.2) is 6.61 Å². The van der Waals surface area contributed by atoms with Crippen LogP contribution in [-0.2, 0) is 0 Å². The van der Waals surface area contributed by atoms with Gasteiger partial charge in [0.25, 0.3) is 0 Å². The van der Waals surface area contributed by atoms with E-state index in [1.807, 2.05) is 24.3 Å². The van der Waals surface area contributed by atoms with E-state index >= 15 is 0 Å². The summed E-state index contributed by atoms with van der Waals surface area (Å²) in [5, 5.41) is 9.38. The first kappa shape index (κ1) is 16.1. The summed E-state index contributed by atoms with van der Waals surface area (Å²) in [6.45, 7) is 8.86. The molecule has 0 spiro atoms. The number of hydrogen-bond acceptors (Lipinski definition) is 2. The molecule has 0 saturated carbocycles. The first-order chi connectivity index (χ1) is 10.5. The molecule has 2 aromatic carbocycles. The number of benzene rings is 2. The molecule has 0 heterocycles. The number of aryl methyl sites for hydroxylation is 4. The average molecular weight is 293 g/mol. The van der Waals surface area contributed by atoms with Crippen molar-refractivity contribution in [2.75, 3.05) is 6.61 Å². The predicted molar refractivity (Wildman–Crippen MR) is 90.3 cm³/mol. The Hall–Kier alpha value is -2.27. The Morgan fingerprint density at radius 2 is 1.59 bits per heavy atom. The van der Waals surface area contributed by atoms with Crippen LogP contribution < -0.4 is 4.74 Å². The normalized spacial score (nSPS) is 11.8. The Bertz CT molecular complexity index is 680. The van der Waals surface area contributed by atoms with Crippen LogP contribution in [0.15, 0.2) is 36.4 Å². The number of nitrogens with zero attached hydrogens (tertiary/aromatic N) is 1. The lowest BCUT2D eigenvalue weighted by Crippen LogP contribution is -2.05. The van der Waals surface area contributed by atoms with Crippen LogP contribution in [0.3, 0.4) is 0 Å². The van der Waals surface area contributed by atoms with E-state index < -0.39 is 0 Å². The van der Waals surface area contributed by atoms with Gasteiger partial charge in [-0.2, -0.15) is 5.26 Å². The SMILES string of the molecule is Cc1ccc(C(C#N)CCOc2cc(C)c(C)cc2C)cc1. The van der Waals surface area contributed by atoms with Gasteiger partial charge in [-0.15, -0.1) is 0 Å². The van der Waals surface area contributed by atoms with Crippen molar-refractivity contribution in [1.29, 1.82) is 5.26 Å². The van der Waals surface area contributed by atoms with Gasteiger partial charge in [-0.1, -0.05) is 35.9 Å². The topological polar surface area (TPSA) is 33.0 Å². The summed E-state index contributed by atoms with van der Waals surface area (Å²) in [5.74, 6) is 0.802. The number of rotatable bonds is 5. The monoisotopic (exact) mass is 293 g/mol. The van der Waals surface area contributed by atoms with Gasteiger partial charge in [0.2, 0.25) is 0 Å².